The summed E-state index contributed by atoms with van der Waals surface area (Å²) in [5.74, 6) is 3.73. The van der Waals surface area contributed by atoms with E-state index in [2.05, 4.69) is 11.1 Å². The molecule has 1 aromatic heterocycles. The third kappa shape index (κ3) is 3.15. The maximum Gasteiger partial charge on any atom is 0.423 e. The van der Waals surface area contributed by atoms with Gasteiger partial charge in [-0.15, -0.1) is 0 Å². The average molecular weight is 366 g/mol. The lowest BCUT2D eigenvalue weighted by Gasteiger charge is -2.42. The van der Waals surface area contributed by atoms with Crippen LogP contribution in [0.25, 0.3) is 0 Å². The number of halogens is 4. The molecule has 1 aliphatic rings. The Kier molecular flexibility index (Phi) is 4.46. The number of alkyl halides is 3. The molecule has 1 saturated carbocycles. The second-order valence-corrected chi connectivity index (χ2v) is 6.02. The molecule has 2 aromatic rings. The van der Waals surface area contributed by atoms with Crippen molar-refractivity contribution in [3.05, 3.63) is 53.5 Å². The fourth-order valence-corrected chi connectivity index (χ4v) is 3.07. The van der Waals surface area contributed by atoms with E-state index in [1.54, 1.807) is 0 Å². The van der Waals surface area contributed by atoms with Gasteiger partial charge in [0, 0.05) is 19.0 Å². The van der Waals surface area contributed by atoms with Crippen LogP contribution in [0, 0.1) is 17.1 Å². The monoisotopic (exact) mass is 366 g/mol. The Hall–Kier alpha value is -2.86. The fraction of sp³-hybridized carbons (Fsp3) is 0.294. The maximum atomic E-state index is 13.3. The molecule has 0 atom stereocenters. The minimum atomic E-state index is -4.71. The molecule has 0 spiro atoms. The number of rotatable bonds is 4. The highest BCUT2D eigenvalue weighted by Gasteiger charge is 2.48. The first-order chi connectivity index (χ1) is 12.3. The number of hydrogen-bond acceptors (Lipinski definition) is 5. The summed E-state index contributed by atoms with van der Waals surface area (Å²) in [6.45, 7) is 0. The SMILES string of the molecule is N#CC1(c2ccc(F)cc2)CC(Oc2ccnc(NN)c2C(F)(F)F)C1. The van der Waals surface area contributed by atoms with Crippen LogP contribution >= 0.6 is 0 Å². The Morgan fingerprint density at radius 3 is 2.42 bits per heavy atom. The summed E-state index contributed by atoms with van der Waals surface area (Å²) in [5, 5.41) is 9.49. The topological polar surface area (TPSA) is 84.0 Å². The van der Waals surface area contributed by atoms with Crippen LogP contribution in [0.4, 0.5) is 23.4 Å². The van der Waals surface area contributed by atoms with Crippen molar-refractivity contribution in [3.63, 3.8) is 0 Å². The molecule has 3 rings (SSSR count). The number of ether oxygens (including phenoxy) is 1. The number of pyridine rings is 1. The quantitative estimate of drug-likeness (QED) is 0.491. The summed E-state index contributed by atoms with van der Waals surface area (Å²) in [6, 6.07) is 8.75. The number of nitrogens with two attached hydrogens (primary N) is 1. The molecule has 0 saturated heterocycles. The first-order valence-corrected chi connectivity index (χ1v) is 7.66. The van der Waals surface area contributed by atoms with Crippen LogP contribution in [0.15, 0.2) is 36.5 Å². The average Bonchev–Trinajstić information content (AvgIpc) is 2.57. The summed E-state index contributed by atoms with van der Waals surface area (Å²) < 4.78 is 58.4. The highest BCUT2D eigenvalue weighted by atomic mass is 19.4. The minimum Gasteiger partial charge on any atom is -0.489 e. The van der Waals surface area contributed by atoms with Crippen molar-refractivity contribution in [1.29, 1.82) is 5.26 Å². The van der Waals surface area contributed by atoms with Crippen LogP contribution in [0.1, 0.15) is 24.0 Å². The summed E-state index contributed by atoms with van der Waals surface area (Å²) in [6.07, 6.45) is -3.76. The van der Waals surface area contributed by atoms with E-state index < -0.39 is 40.6 Å². The van der Waals surface area contributed by atoms with E-state index in [1.165, 1.54) is 24.3 Å². The van der Waals surface area contributed by atoms with Gasteiger partial charge >= 0.3 is 6.18 Å². The van der Waals surface area contributed by atoms with Crippen molar-refractivity contribution in [2.24, 2.45) is 5.84 Å². The maximum absolute atomic E-state index is 13.3. The van der Waals surface area contributed by atoms with Crippen molar-refractivity contribution in [2.45, 2.75) is 30.5 Å². The molecule has 3 N–H and O–H groups in total. The molecule has 0 amide bonds. The van der Waals surface area contributed by atoms with Gasteiger partial charge in [0.05, 0.1) is 11.5 Å². The zero-order chi connectivity index (χ0) is 18.9. The number of aromatic nitrogens is 1. The molecule has 1 aliphatic carbocycles. The lowest BCUT2D eigenvalue weighted by Crippen LogP contribution is -2.46. The Morgan fingerprint density at radius 2 is 1.88 bits per heavy atom. The number of nitrogen functional groups attached to an aromatic ring is 1. The van der Waals surface area contributed by atoms with Crippen molar-refractivity contribution in [1.82, 2.24) is 4.98 Å². The van der Waals surface area contributed by atoms with Crippen LogP contribution in [0.5, 0.6) is 5.75 Å². The lowest BCUT2D eigenvalue weighted by atomic mass is 9.63. The molecule has 1 aromatic carbocycles. The van der Waals surface area contributed by atoms with E-state index in [0.717, 1.165) is 12.3 Å². The van der Waals surface area contributed by atoms with Gasteiger partial charge in [0.1, 0.15) is 23.2 Å². The first-order valence-electron chi connectivity index (χ1n) is 7.66. The van der Waals surface area contributed by atoms with Gasteiger partial charge < -0.3 is 10.2 Å². The molecule has 1 heterocycles. The molecule has 0 unspecified atom stereocenters. The number of nitrogens with zero attached hydrogens (tertiary/aromatic N) is 2. The van der Waals surface area contributed by atoms with E-state index in [9.17, 15) is 22.8 Å². The second-order valence-electron chi connectivity index (χ2n) is 6.02. The largest absolute Gasteiger partial charge is 0.489 e. The third-order valence-electron chi connectivity index (χ3n) is 4.39. The zero-order valence-electron chi connectivity index (χ0n) is 13.3. The molecule has 0 aliphatic heterocycles. The van der Waals surface area contributed by atoms with Gasteiger partial charge in [-0.3, -0.25) is 0 Å². The number of benzene rings is 1. The van der Waals surface area contributed by atoms with Crippen molar-refractivity contribution >= 4 is 5.82 Å². The number of nitrogens with one attached hydrogen (secondary N) is 1. The van der Waals surface area contributed by atoms with Gasteiger partial charge in [-0.05, 0) is 23.8 Å². The molecule has 0 radical (unpaired) electrons. The van der Waals surface area contributed by atoms with Gasteiger partial charge in [-0.1, -0.05) is 12.1 Å². The van der Waals surface area contributed by atoms with E-state index >= 15 is 0 Å². The van der Waals surface area contributed by atoms with Crippen LogP contribution in [0.2, 0.25) is 0 Å². The van der Waals surface area contributed by atoms with Gasteiger partial charge in [0.2, 0.25) is 0 Å². The zero-order valence-corrected chi connectivity index (χ0v) is 13.3. The van der Waals surface area contributed by atoms with E-state index in [4.69, 9.17) is 10.6 Å². The smallest absolute Gasteiger partial charge is 0.423 e. The van der Waals surface area contributed by atoms with Crippen molar-refractivity contribution in [3.8, 4) is 11.8 Å². The third-order valence-corrected chi connectivity index (χ3v) is 4.39. The van der Waals surface area contributed by atoms with Crippen LogP contribution in [-0.2, 0) is 11.6 Å². The van der Waals surface area contributed by atoms with E-state index in [1.807, 2.05) is 5.43 Å². The molecule has 5 nitrogen and oxygen atoms in total. The van der Waals surface area contributed by atoms with Crippen LogP contribution in [-0.4, -0.2) is 11.1 Å². The normalized spacial score (nSPS) is 22.2. The molecular formula is C17H14F4N4O. The number of anilines is 1. The van der Waals surface area contributed by atoms with Gasteiger partial charge in [0.15, 0.2) is 5.82 Å². The predicted molar refractivity (Wildman–Crippen MR) is 84.4 cm³/mol. The number of nitriles is 1. The number of hydrogen-bond donors (Lipinski definition) is 2. The lowest BCUT2D eigenvalue weighted by molar-refractivity contribution is -0.139. The molecule has 0 bridgehead atoms. The minimum absolute atomic E-state index is 0.195. The van der Waals surface area contributed by atoms with Gasteiger partial charge in [0.25, 0.3) is 0 Å². The van der Waals surface area contributed by atoms with Crippen LogP contribution in [0.3, 0.4) is 0 Å². The summed E-state index contributed by atoms with van der Waals surface area (Å²) in [5.41, 5.74) is 0.517. The summed E-state index contributed by atoms with van der Waals surface area (Å²) >= 11 is 0. The standard InChI is InChI=1S/C17H14F4N4O/c18-11-3-1-10(2-4-11)16(9-22)7-12(8-16)26-13-5-6-24-15(25-23)14(13)17(19,20)21/h1-6,12H,7-8,23H2,(H,24,25). The Bertz CT molecular complexity index is 839. The van der Waals surface area contributed by atoms with Gasteiger partial charge in [-0.2, -0.15) is 18.4 Å². The predicted octanol–water partition coefficient (Wildman–Crippen LogP) is 3.53. The Morgan fingerprint density at radius 1 is 1.23 bits per heavy atom. The Labute approximate surface area is 146 Å². The second kappa shape index (κ2) is 6.46. The van der Waals surface area contributed by atoms with Crippen molar-refractivity contribution in [2.75, 3.05) is 5.43 Å². The molecule has 136 valence electrons. The van der Waals surface area contributed by atoms with Crippen LogP contribution < -0.4 is 16.0 Å². The Balaban J connectivity index is 1.81. The first kappa shape index (κ1) is 17.9. The van der Waals surface area contributed by atoms with E-state index in [-0.39, 0.29) is 12.8 Å². The van der Waals surface area contributed by atoms with Crippen molar-refractivity contribution < 1.29 is 22.3 Å². The highest BCUT2D eigenvalue weighted by Crippen LogP contribution is 2.47. The molecule has 26 heavy (non-hydrogen) atoms. The van der Waals surface area contributed by atoms with E-state index in [0.29, 0.717) is 5.56 Å². The number of hydrazine groups is 1. The fourth-order valence-electron chi connectivity index (χ4n) is 3.07. The molecule has 1 fully saturated rings. The highest BCUT2D eigenvalue weighted by molar-refractivity contribution is 5.53. The summed E-state index contributed by atoms with van der Waals surface area (Å²) in [7, 11) is 0. The van der Waals surface area contributed by atoms with Gasteiger partial charge in [-0.25, -0.2) is 15.2 Å². The summed E-state index contributed by atoms with van der Waals surface area (Å²) in [4.78, 5) is 3.55. The molecular weight excluding hydrogens is 352 g/mol. The molecule has 9 heteroatoms.